The fourth-order valence-electron chi connectivity index (χ4n) is 1.54. The quantitative estimate of drug-likeness (QED) is 0.878. The molecule has 0 aliphatic rings. The highest BCUT2D eigenvalue weighted by Crippen LogP contribution is 2.20. The van der Waals surface area contributed by atoms with Crippen molar-refractivity contribution >= 4 is 17.7 Å². The molecule has 19 heavy (non-hydrogen) atoms. The minimum Gasteiger partial charge on any atom is -0.453 e. The summed E-state index contributed by atoms with van der Waals surface area (Å²) < 4.78 is 18.0. The van der Waals surface area contributed by atoms with Crippen LogP contribution >= 0.6 is 0 Å². The van der Waals surface area contributed by atoms with E-state index in [-0.39, 0.29) is 5.69 Å². The third kappa shape index (κ3) is 3.94. The van der Waals surface area contributed by atoms with Crippen molar-refractivity contribution in [2.75, 3.05) is 12.4 Å². The van der Waals surface area contributed by atoms with Crippen LogP contribution < -0.4 is 10.6 Å². The number of methoxy groups -OCH3 is 1. The van der Waals surface area contributed by atoms with Crippen molar-refractivity contribution in [3.8, 4) is 0 Å². The van der Waals surface area contributed by atoms with Crippen molar-refractivity contribution in [1.82, 2.24) is 5.32 Å². The van der Waals surface area contributed by atoms with Crippen molar-refractivity contribution < 1.29 is 18.7 Å². The third-order valence-corrected chi connectivity index (χ3v) is 2.64. The van der Waals surface area contributed by atoms with Crippen molar-refractivity contribution in [2.24, 2.45) is 0 Å². The number of hydrogen-bond donors (Lipinski definition) is 2. The van der Waals surface area contributed by atoms with Crippen LogP contribution in [0.4, 0.5) is 14.9 Å². The van der Waals surface area contributed by atoms with Crippen LogP contribution in [0, 0.1) is 5.82 Å². The Morgan fingerprint density at radius 3 is 2.68 bits per heavy atom. The second kappa shape index (κ2) is 6.72. The normalized spacial score (nSPS) is 11.6. The first kappa shape index (κ1) is 14.9. The van der Waals surface area contributed by atoms with E-state index in [1.165, 1.54) is 20.1 Å². The van der Waals surface area contributed by atoms with Crippen molar-refractivity contribution in [3.05, 3.63) is 29.6 Å². The first-order chi connectivity index (χ1) is 8.99. The molecule has 5 nitrogen and oxygen atoms in total. The van der Waals surface area contributed by atoms with Crippen LogP contribution in [0.15, 0.2) is 18.2 Å². The molecule has 1 aromatic rings. The van der Waals surface area contributed by atoms with Gasteiger partial charge in [-0.25, -0.2) is 9.18 Å². The molecule has 104 valence electrons. The molecule has 0 aliphatic heterocycles. The summed E-state index contributed by atoms with van der Waals surface area (Å²) in [6.45, 7) is 3.35. The smallest absolute Gasteiger partial charge is 0.407 e. The number of para-hydroxylation sites is 1. The summed E-state index contributed by atoms with van der Waals surface area (Å²) in [6, 6.07) is 3.77. The minimum absolute atomic E-state index is 0.147. The Bertz CT molecular complexity index is 477. The van der Waals surface area contributed by atoms with Crippen molar-refractivity contribution in [3.63, 3.8) is 0 Å². The van der Waals surface area contributed by atoms with Gasteiger partial charge in [-0.3, -0.25) is 4.79 Å². The van der Waals surface area contributed by atoms with Gasteiger partial charge in [0.1, 0.15) is 11.9 Å². The van der Waals surface area contributed by atoms with Crippen molar-refractivity contribution in [1.29, 1.82) is 0 Å². The highest BCUT2D eigenvalue weighted by atomic mass is 19.1. The first-order valence-corrected chi connectivity index (χ1v) is 5.92. The predicted octanol–water partition coefficient (Wildman–Crippen LogP) is 2.07. The van der Waals surface area contributed by atoms with Gasteiger partial charge in [0.25, 0.3) is 0 Å². The molecule has 0 aliphatic carbocycles. The number of rotatable bonds is 4. The first-order valence-electron chi connectivity index (χ1n) is 5.92. The molecule has 0 radical (unpaired) electrons. The van der Waals surface area contributed by atoms with Gasteiger partial charge in [-0.05, 0) is 25.0 Å². The highest BCUT2D eigenvalue weighted by Gasteiger charge is 2.18. The van der Waals surface area contributed by atoms with E-state index in [4.69, 9.17) is 0 Å². The molecular weight excluding hydrogens is 251 g/mol. The molecule has 6 heteroatoms. The van der Waals surface area contributed by atoms with Crippen molar-refractivity contribution in [2.45, 2.75) is 26.3 Å². The second-order valence-corrected chi connectivity index (χ2v) is 3.97. The summed E-state index contributed by atoms with van der Waals surface area (Å²) in [6.07, 6.45) is -0.126. The molecule has 2 N–H and O–H groups in total. The maximum atomic E-state index is 13.7. The lowest BCUT2D eigenvalue weighted by molar-refractivity contribution is -0.117. The van der Waals surface area contributed by atoms with E-state index >= 15 is 0 Å². The van der Waals surface area contributed by atoms with Gasteiger partial charge in [0, 0.05) is 0 Å². The molecule has 2 amide bonds. The second-order valence-electron chi connectivity index (χ2n) is 3.97. The molecule has 0 saturated carbocycles. The Balaban J connectivity index is 2.79. The zero-order valence-electron chi connectivity index (χ0n) is 11.1. The number of carbonyl (C=O) groups excluding carboxylic acids is 2. The molecule has 1 aromatic carbocycles. The maximum absolute atomic E-state index is 13.7. The van der Waals surface area contributed by atoms with Gasteiger partial charge >= 0.3 is 6.09 Å². The summed E-state index contributed by atoms with van der Waals surface area (Å²) in [5, 5.41) is 4.79. The Hall–Kier alpha value is -2.11. The largest absolute Gasteiger partial charge is 0.453 e. The molecule has 0 unspecified atom stereocenters. The van der Waals surface area contributed by atoms with E-state index in [2.05, 4.69) is 15.4 Å². The molecule has 0 bridgehead atoms. The lowest BCUT2D eigenvalue weighted by Gasteiger charge is -2.15. The zero-order chi connectivity index (χ0) is 14.4. The molecule has 1 rings (SSSR count). The van der Waals surface area contributed by atoms with Crippen LogP contribution in [0.5, 0.6) is 0 Å². The van der Waals surface area contributed by atoms with Gasteiger partial charge in [-0.15, -0.1) is 0 Å². The molecule has 0 aromatic heterocycles. The van der Waals surface area contributed by atoms with Crippen LogP contribution in [0.25, 0.3) is 0 Å². The van der Waals surface area contributed by atoms with Crippen LogP contribution in [0.2, 0.25) is 0 Å². The Labute approximate surface area is 111 Å². The fraction of sp³-hybridized carbons (Fsp3) is 0.385. The van der Waals surface area contributed by atoms with Gasteiger partial charge in [0.2, 0.25) is 5.91 Å². The Morgan fingerprint density at radius 2 is 2.11 bits per heavy atom. The predicted molar refractivity (Wildman–Crippen MR) is 69.4 cm³/mol. The van der Waals surface area contributed by atoms with E-state index < -0.39 is 23.9 Å². The summed E-state index contributed by atoms with van der Waals surface area (Å²) >= 11 is 0. The summed E-state index contributed by atoms with van der Waals surface area (Å²) in [4.78, 5) is 22.8. The molecule has 0 saturated heterocycles. The summed E-state index contributed by atoms with van der Waals surface area (Å²) in [5.74, 6) is -1.01. The SMILES string of the molecule is CCc1cccc(F)c1NC(=O)[C@H](C)NC(=O)OC. The van der Waals surface area contributed by atoms with Crippen LogP contribution in [0.3, 0.4) is 0 Å². The number of aryl methyl sites for hydroxylation is 1. The Morgan fingerprint density at radius 1 is 1.42 bits per heavy atom. The van der Waals surface area contributed by atoms with Gasteiger partial charge < -0.3 is 15.4 Å². The topological polar surface area (TPSA) is 67.4 Å². The number of amides is 2. The average Bonchev–Trinajstić information content (AvgIpc) is 2.40. The monoisotopic (exact) mass is 268 g/mol. The number of benzene rings is 1. The number of carbonyl (C=O) groups is 2. The van der Waals surface area contributed by atoms with Gasteiger partial charge in [-0.1, -0.05) is 19.1 Å². The molecule has 0 heterocycles. The fourth-order valence-corrected chi connectivity index (χ4v) is 1.54. The lowest BCUT2D eigenvalue weighted by Crippen LogP contribution is -2.41. The number of hydrogen-bond acceptors (Lipinski definition) is 3. The molecule has 0 fully saturated rings. The molecule has 1 atom stereocenters. The van der Waals surface area contributed by atoms with Crippen LogP contribution in [0.1, 0.15) is 19.4 Å². The van der Waals surface area contributed by atoms with Gasteiger partial charge in [0.05, 0.1) is 12.8 Å². The lowest BCUT2D eigenvalue weighted by atomic mass is 10.1. The van der Waals surface area contributed by atoms with E-state index in [0.29, 0.717) is 12.0 Å². The molecule has 0 spiro atoms. The molecular formula is C13H17FN2O3. The minimum atomic E-state index is -0.822. The number of nitrogens with one attached hydrogen (secondary N) is 2. The number of alkyl carbamates (subject to hydrolysis) is 1. The zero-order valence-corrected chi connectivity index (χ0v) is 11.1. The Kier molecular flexibility index (Phi) is 5.29. The van der Waals surface area contributed by atoms with E-state index in [0.717, 1.165) is 0 Å². The standard InChI is InChI=1S/C13H17FN2O3/c1-4-9-6-5-7-10(14)11(9)16-12(17)8(2)15-13(18)19-3/h5-8H,4H2,1-3H3,(H,15,18)(H,16,17)/t8-/m0/s1. The summed E-state index contributed by atoms with van der Waals surface area (Å²) in [7, 11) is 1.20. The van der Waals surface area contributed by atoms with Crippen LogP contribution in [-0.2, 0) is 16.0 Å². The summed E-state index contributed by atoms with van der Waals surface area (Å²) in [5.41, 5.74) is 0.840. The third-order valence-electron chi connectivity index (χ3n) is 2.64. The van der Waals surface area contributed by atoms with E-state index in [1.54, 1.807) is 12.1 Å². The average molecular weight is 268 g/mol. The van der Waals surface area contributed by atoms with E-state index in [9.17, 15) is 14.0 Å². The maximum Gasteiger partial charge on any atom is 0.407 e. The van der Waals surface area contributed by atoms with Gasteiger partial charge in [-0.2, -0.15) is 0 Å². The van der Waals surface area contributed by atoms with Gasteiger partial charge in [0.15, 0.2) is 0 Å². The number of anilines is 1. The highest BCUT2D eigenvalue weighted by molar-refractivity contribution is 5.96. The van der Waals surface area contributed by atoms with E-state index in [1.807, 2.05) is 6.92 Å². The van der Waals surface area contributed by atoms with Crippen LogP contribution in [-0.4, -0.2) is 25.2 Å². The number of ether oxygens (including phenoxy) is 1. The number of halogens is 1.